The number of halogens is 1. The van der Waals surface area contributed by atoms with Gasteiger partial charge in [-0.2, -0.15) is 0 Å². The monoisotopic (exact) mass is 382 g/mol. The van der Waals surface area contributed by atoms with Crippen molar-refractivity contribution in [1.29, 1.82) is 0 Å². The van der Waals surface area contributed by atoms with E-state index >= 15 is 0 Å². The fraction of sp³-hybridized carbons (Fsp3) is 0.300. The van der Waals surface area contributed by atoms with Gasteiger partial charge in [-0.15, -0.1) is 0 Å². The van der Waals surface area contributed by atoms with E-state index in [1.54, 1.807) is 34.8 Å². The SMILES string of the molecule is Cc1nc2c(c(=O)n1C)CCN(C(=O)c1c(Cl)ccc3ncccc13)CC2. The maximum Gasteiger partial charge on any atom is 0.256 e. The predicted molar refractivity (Wildman–Crippen MR) is 104 cm³/mol. The zero-order valence-corrected chi connectivity index (χ0v) is 16.0. The van der Waals surface area contributed by atoms with Gasteiger partial charge in [0.25, 0.3) is 11.5 Å². The Kier molecular flexibility index (Phi) is 4.44. The summed E-state index contributed by atoms with van der Waals surface area (Å²) in [5.74, 6) is 0.543. The molecule has 0 spiro atoms. The highest BCUT2D eigenvalue weighted by atomic mass is 35.5. The van der Waals surface area contributed by atoms with Crippen LogP contribution in [0.2, 0.25) is 5.02 Å². The molecule has 3 heterocycles. The molecule has 0 radical (unpaired) electrons. The second-order valence-electron chi connectivity index (χ2n) is 6.73. The maximum absolute atomic E-state index is 13.3. The summed E-state index contributed by atoms with van der Waals surface area (Å²) in [6.45, 7) is 2.77. The van der Waals surface area contributed by atoms with E-state index in [1.807, 2.05) is 19.1 Å². The molecular weight excluding hydrogens is 364 g/mol. The summed E-state index contributed by atoms with van der Waals surface area (Å²) in [7, 11) is 1.72. The van der Waals surface area contributed by atoms with Crippen LogP contribution >= 0.6 is 11.6 Å². The van der Waals surface area contributed by atoms with Gasteiger partial charge in [0.15, 0.2) is 0 Å². The normalized spacial score (nSPS) is 14.1. The first-order chi connectivity index (χ1) is 13.0. The number of nitrogens with zero attached hydrogens (tertiary/aromatic N) is 4. The summed E-state index contributed by atoms with van der Waals surface area (Å²) in [6.07, 6.45) is 2.73. The zero-order valence-electron chi connectivity index (χ0n) is 15.2. The van der Waals surface area contributed by atoms with Crippen molar-refractivity contribution < 1.29 is 4.79 Å². The van der Waals surface area contributed by atoms with Crippen molar-refractivity contribution >= 4 is 28.4 Å². The Hall–Kier alpha value is -2.73. The molecule has 0 N–H and O–H groups in total. The van der Waals surface area contributed by atoms with Gasteiger partial charge in [0.1, 0.15) is 5.82 Å². The molecule has 1 aromatic carbocycles. The van der Waals surface area contributed by atoms with Crippen molar-refractivity contribution in [2.45, 2.75) is 19.8 Å². The lowest BCUT2D eigenvalue weighted by Gasteiger charge is -2.21. The van der Waals surface area contributed by atoms with E-state index in [4.69, 9.17) is 11.6 Å². The molecule has 0 saturated heterocycles. The fourth-order valence-electron chi connectivity index (χ4n) is 3.57. The standard InChI is InChI=1S/C20H19ClN4O2/c1-12-23-17-8-11-25(10-7-14(17)19(26)24(12)2)20(27)18-13-4-3-9-22-16(13)6-5-15(18)21/h3-6,9H,7-8,10-11H2,1-2H3. The average Bonchev–Trinajstić information content (AvgIpc) is 2.88. The van der Waals surface area contributed by atoms with E-state index in [1.165, 1.54) is 0 Å². The topological polar surface area (TPSA) is 68.1 Å². The third-order valence-corrected chi connectivity index (χ3v) is 5.49. The molecule has 7 heteroatoms. The Morgan fingerprint density at radius 3 is 2.78 bits per heavy atom. The molecule has 1 amide bonds. The molecule has 0 bridgehead atoms. The van der Waals surface area contributed by atoms with Gasteiger partial charge in [-0.05, 0) is 31.5 Å². The van der Waals surface area contributed by atoms with Gasteiger partial charge in [-0.1, -0.05) is 17.7 Å². The number of hydrogen-bond acceptors (Lipinski definition) is 4. The molecule has 0 fully saturated rings. The van der Waals surface area contributed by atoms with Crippen LogP contribution in [0.4, 0.5) is 0 Å². The minimum absolute atomic E-state index is 0.0285. The number of carbonyl (C=O) groups is 1. The number of amides is 1. The lowest BCUT2D eigenvalue weighted by Crippen LogP contribution is -2.34. The van der Waals surface area contributed by atoms with Crippen molar-refractivity contribution in [1.82, 2.24) is 19.4 Å². The van der Waals surface area contributed by atoms with E-state index in [0.29, 0.717) is 47.9 Å². The lowest BCUT2D eigenvalue weighted by atomic mass is 10.1. The predicted octanol–water partition coefficient (Wildman–Crippen LogP) is 2.53. The second kappa shape index (κ2) is 6.78. The highest BCUT2D eigenvalue weighted by molar-refractivity contribution is 6.35. The van der Waals surface area contributed by atoms with E-state index in [2.05, 4.69) is 9.97 Å². The van der Waals surface area contributed by atoms with Gasteiger partial charge in [0.2, 0.25) is 0 Å². The van der Waals surface area contributed by atoms with Crippen molar-refractivity contribution in [3.63, 3.8) is 0 Å². The Labute approximate surface area is 161 Å². The van der Waals surface area contributed by atoms with E-state index in [0.717, 1.165) is 16.6 Å². The Bertz CT molecular complexity index is 1120. The minimum atomic E-state index is -0.139. The van der Waals surface area contributed by atoms with Crippen LogP contribution in [0.3, 0.4) is 0 Å². The smallest absolute Gasteiger partial charge is 0.256 e. The van der Waals surface area contributed by atoms with Gasteiger partial charge in [-0.25, -0.2) is 4.98 Å². The first-order valence-electron chi connectivity index (χ1n) is 8.85. The number of aromatic nitrogens is 3. The van der Waals surface area contributed by atoms with Crippen LogP contribution in [0.1, 0.15) is 27.4 Å². The fourth-order valence-corrected chi connectivity index (χ4v) is 3.82. The molecule has 27 heavy (non-hydrogen) atoms. The summed E-state index contributed by atoms with van der Waals surface area (Å²) < 4.78 is 1.56. The molecule has 6 nitrogen and oxygen atoms in total. The van der Waals surface area contributed by atoms with Crippen molar-refractivity contribution in [3.8, 4) is 0 Å². The van der Waals surface area contributed by atoms with Crippen LogP contribution in [-0.4, -0.2) is 38.4 Å². The lowest BCUT2D eigenvalue weighted by molar-refractivity contribution is 0.0765. The minimum Gasteiger partial charge on any atom is -0.338 e. The average molecular weight is 383 g/mol. The van der Waals surface area contributed by atoms with Gasteiger partial charge in [-0.3, -0.25) is 19.1 Å². The van der Waals surface area contributed by atoms with Crippen LogP contribution in [-0.2, 0) is 19.9 Å². The number of rotatable bonds is 1. The Morgan fingerprint density at radius 2 is 1.96 bits per heavy atom. The summed E-state index contributed by atoms with van der Waals surface area (Å²) in [4.78, 5) is 36.4. The van der Waals surface area contributed by atoms with Crippen molar-refractivity contribution in [2.24, 2.45) is 7.05 Å². The molecule has 0 unspecified atom stereocenters. The summed E-state index contributed by atoms with van der Waals surface area (Å²) >= 11 is 6.37. The Balaban J connectivity index is 1.70. The third kappa shape index (κ3) is 3.00. The van der Waals surface area contributed by atoms with Gasteiger partial charge >= 0.3 is 0 Å². The number of hydrogen-bond donors (Lipinski definition) is 0. The van der Waals surface area contributed by atoms with Gasteiger partial charge in [0, 0.05) is 43.7 Å². The quantitative estimate of drug-likeness (QED) is 0.648. The molecule has 3 aromatic rings. The van der Waals surface area contributed by atoms with Gasteiger partial charge in [0.05, 0.1) is 21.8 Å². The number of pyridine rings is 1. The number of aryl methyl sites for hydroxylation is 1. The molecule has 2 aromatic heterocycles. The molecule has 1 aliphatic rings. The summed E-state index contributed by atoms with van der Waals surface area (Å²) in [5.41, 5.74) is 2.65. The van der Waals surface area contributed by atoms with E-state index in [9.17, 15) is 9.59 Å². The van der Waals surface area contributed by atoms with E-state index in [-0.39, 0.29) is 11.5 Å². The van der Waals surface area contributed by atoms with Crippen LogP contribution in [0.25, 0.3) is 10.9 Å². The van der Waals surface area contributed by atoms with E-state index < -0.39 is 0 Å². The molecule has 1 aliphatic heterocycles. The Morgan fingerprint density at radius 1 is 1.19 bits per heavy atom. The van der Waals surface area contributed by atoms with Crippen LogP contribution in [0.5, 0.6) is 0 Å². The molecule has 138 valence electrons. The molecular formula is C20H19ClN4O2. The second-order valence-corrected chi connectivity index (χ2v) is 7.14. The van der Waals surface area contributed by atoms with Crippen LogP contribution in [0.15, 0.2) is 35.3 Å². The van der Waals surface area contributed by atoms with Gasteiger partial charge < -0.3 is 4.90 Å². The first-order valence-corrected chi connectivity index (χ1v) is 9.23. The first kappa shape index (κ1) is 17.7. The van der Waals surface area contributed by atoms with Crippen LogP contribution < -0.4 is 5.56 Å². The zero-order chi connectivity index (χ0) is 19.1. The summed E-state index contributed by atoms with van der Waals surface area (Å²) in [6, 6.07) is 7.17. The highest BCUT2D eigenvalue weighted by Gasteiger charge is 2.25. The summed E-state index contributed by atoms with van der Waals surface area (Å²) in [5, 5.41) is 1.15. The number of fused-ring (bicyclic) bond motifs is 2. The molecule has 0 aliphatic carbocycles. The molecule has 0 atom stereocenters. The van der Waals surface area contributed by atoms with Crippen molar-refractivity contribution in [3.05, 3.63) is 68.5 Å². The maximum atomic E-state index is 13.3. The number of carbonyl (C=O) groups excluding carboxylic acids is 1. The number of benzene rings is 1. The van der Waals surface area contributed by atoms with Crippen molar-refractivity contribution in [2.75, 3.05) is 13.1 Å². The third-order valence-electron chi connectivity index (χ3n) is 5.18. The molecule has 0 saturated carbocycles. The highest BCUT2D eigenvalue weighted by Crippen LogP contribution is 2.27. The molecule has 4 rings (SSSR count). The largest absolute Gasteiger partial charge is 0.338 e. The van der Waals surface area contributed by atoms with Crippen LogP contribution in [0, 0.1) is 6.92 Å².